The molecule has 1 saturated heterocycles. The van der Waals surface area contributed by atoms with Crippen molar-refractivity contribution in [2.24, 2.45) is 0 Å². The van der Waals surface area contributed by atoms with Crippen molar-refractivity contribution in [3.05, 3.63) is 63.7 Å². The fraction of sp³-hybridized carbons (Fsp3) is 0.263. The number of anilines is 2. The van der Waals surface area contributed by atoms with E-state index < -0.39 is 35.9 Å². The fourth-order valence-corrected chi connectivity index (χ4v) is 3.06. The van der Waals surface area contributed by atoms with E-state index in [2.05, 4.69) is 5.32 Å². The van der Waals surface area contributed by atoms with E-state index in [0.29, 0.717) is 11.3 Å². The monoisotopic (exact) mass is 420 g/mol. The first kappa shape index (κ1) is 21.1. The minimum atomic E-state index is -4.79. The standard InChI is InChI=1S/C19H15F3N4O4/c1-11-8-14(6-7-15(11)26(28)29)25-10-16(30-18(25)19(20,21)22)17(27)24-13-4-2-12(9-23)3-5-13/h2-8,16,18H,10H2,1H3,(H,24,27). The highest BCUT2D eigenvalue weighted by molar-refractivity contribution is 5.95. The maximum absolute atomic E-state index is 13.5. The second kappa shape index (κ2) is 8.00. The van der Waals surface area contributed by atoms with E-state index in [9.17, 15) is 28.1 Å². The minimum Gasteiger partial charge on any atom is -0.335 e. The highest BCUT2D eigenvalue weighted by Crippen LogP contribution is 2.36. The van der Waals surface area contributed by atoms with Crippen LogP contribution in [-0.4, -0.2) is 35.9 Å². The minimum absolute atomic E-state index is 0.0501. The van der Waals surface area contributed by atoms with Crippen molar-refractivity contribution < 1.29 is 27.6 Å². The lowest BCUT2D eigenvalue weighted by Gasteiger charge is -2.26. The molecular formula is C19H15F3N4O4. The molecule has 8 nitrogen and oxygen atoms in total. The number of halogens is 3. The van der Waals surface area contributed by atoms with Gasteiger partial charge in [0.15, 0.2) is 6.10 Å². The van der Waals surface area contributed by atoms with Crippen molar-refractivity contribution >= 4 is 23.0 Å². The molecule has 1 amide bonds. The topological polar surface area (TPSA) is 108 Å². The van der Waals surface area contributed by atoms with Crippen LogP contribution >= 0.6 is 0 Å². The Labute approximate surface area is 168 Å². The predicted octanol–water partition coefficient (Wildman–Crippen LogP) is 3.51. The zero-order valence-electron chi connectivity index (χ0n) is 15.5. The average molecular weight is 420 g/mol. The van der Waals surface area contributed by atoms with Gasteiger partial charge < -0.3 is 15.0 Å². The molecule has 0 saturated carbocycles. The number of ether oxygens (including phenoxy) is 1. The average Bonchev–Trinajstić information content (AvgIpc) is 3.14. The molecule has 11 heteroatoms. The van der Waals surface area contributed by atoms with E-state index in [4.69, 9.17) is 10.00 Å². The summed E-state index contributed by atoms with van der Waals surface area (Å²) in [6.07, 6.45) is -8.60. The van der Waals surface area contributed by atoms with Crippen molar-refractivity contribution in [1.29, 1.82) is 5.26 Å². The van der Waals surface area contributed by atoms with Crippen LogP contribution in [0, 0.1) is 28.4 Å². The Kier molecular flexibility index (Phi) is 5.62. The number of nitro groups is 1. The first-order valence-electron chi connectivity index (χ1n) is 8.65. The lowest BCUT2D eigenvalue weighted by molar-refractivity contribution is -0.385. The number of hydrogen-bond donors (Lipinski definition) is 1. The van der Waals surface area contributed by atoms with Crippen LogP contribution in [0.2, 0.25) is 0 Å². The lowest BCUT2D eigenvalue weighted by Crippen LogP contribution is -2.42. The number of hydrogen-bond acceptors (Lipinski definition) is 6. The predicted molar refractivity (Wildman–Crippen MR) is 99.7 cm³/mol. The summed E-state index contributed by atoms with van der Waals surface area (Å²) in [7, 11) is 0. The molecule has 1 N–H and O–H groups in total. The molecule has 2 aromatic carbocycles. The van der Waals surface area contributed by atoms with Crippen LogP contribution in [0.1, 0.15) is 11.1 Å². The van der Waals surface area contributed by atoms with Gasteiger partial charge in [0.05, 0.1) is 23.1 Å². The summed E-state index contributed by atoms with van der Waals surface area (Å²) in [4.78, 5) is 23.6. The number of carbonyl (C=O) groups is 1. The number of nitrogens with one attached hydrogen (secondary N) is 1. The second-order valence-corrected chi connectivity index (χ2v) is 6.58. The van der Waals surface area contributed by atoms with Gasteiger partial charge >= 0.3 is 6.18 Å². The molecule has 156 valence electrons. The Morgan fingerprint density at radius 3 is 2.50 bits per heavy atom. The first-order valence-corrected chi connectivity index (χ1v) is 8.65. The number of nitriles is 1. The van der Waals surface area contributed by atoms with Crippen LogP contribution < -0.4 is 10.2 Å². The van der Waals surface area contributed by atoms with Crippen LogP contribution in [0.25, 0.3) is 0 Å². The summed E-state index contributed by atoms with van der Waals surface area (Å²) >= 11 is 0. The van der Waals surface area contributed by atoms with Gasteiger partial charge in [0.2, 0.25) is 6.23 Å². The maximum Gasteiger partial charge on any atom is 0.433 e. The smallest absolute Gasteiger partial charge is 0.335 e. The fourth-order valence-electron chi connectivity index (χ4n) is 3.06. The van der Waals surface area contributed by atoms with Crippen molar-refractivity contribution in [3.63, 3.8) is 0 Å². The highest BCUT2D eigenvalue weighted by atomic mass is 19.4. The number of alkyl halides is 3. The van der Waals surface area contributed by atoms with Crippen molar-refractivity contribution in [3.8, 4) is 6.07 Å². The van der Waals surface area contributed by atoms with Crippen LogP contribution in [0.3, 0.4) is 0 Å². The molecule has 30 heavy (non-hydrogen) atoms. The Morgan fingerprint density at radius 2 is 1.97 bits per heavy atom. The van der Waals surface area contributed by atoms with Crippen LogP contribution in [0.4, 0.5) is 30.2 Å². The van der Waals surface area contributed by atoms with Crippen molar-refractivity contribution in [2.75, 3.05) is 16.8 Å². The molecular weight excluding hydrogens is 405 g/mol. The van der Waals surface area contributed by atoms with Gasteiger partial charge in [-0.15, -0.1) is 0 Å². The largest absolute Gasteiger partial charge is 0.433 e. The summed E-state index contributed by atoms with van der Waals surface area (Å²) in [6, 6.07) is 11.3. The summed E-state index contributed by atoms with van der Waals surface area (Å²) in [5.41, 5.74) is 0.674. The molecule has 0 aromatic heterocycles. The van der Waals surface area contributed by atoms with Crippen LogP contribution in [0.5, 0.6) is 0 Å². The quantitative estimate of drug-likeness (QED) is 0.599. The number of carbonyl (C=O) groups excluding carboxylic acids is 1. The van der Waals surface area contributed by atoms with Gasteiger partial charge in [-0.25, -0.2) is 0 Å². The number of nitro benzene ring substituents is 1. The third kappa shape index (κ3) is 4.33. The molecule has 1 aliphatic rings. The van der Waals surface area contributed by atoms with E-state index in [-0.39, 0.29) is 16.9 Å². The molecule has 1 heterocycles. The van der Waals surface area contributed by atoms with E-state index in [1.807, 2.05) is 6.07 Å². The number of nitrogens with zero attached hydrogens (tertiary/aromatic N) is 3. The second-order valence-electron chi connectivity index (χ2n) is 6.58. The van der Waals surface area contributed by atoms with Crippen LogP contribution in [0.15, 0.2) is 42.5 Å². The molecule has 1 fully saturated rings. The first-order chi connectivity index (χ1) is 14.1. The molecule has 2 atom stereocenters. The van der Waals surface area contributed by atoms with Crippen molar-refractivity contribution in [1.82, 2.24) is 0 Å². The third-order valence-corrected chi connectivity index (χ3v) is 4.50. The molecule has 1 aliphatic heterocycles. The van der Waals surface area contributed by atoms with Crippen molar-refractivity contribution in [2.45, 2.75) is 25.4 Å². The Bertz CT molecular complexity index is 1020. The third-order valence-electron chi connectivity index (χ3n) is 4.50. The summed E-state index contributed by atoms with van der Waals surface area (Å²) in [5.74, 6) is -0.782. The zero-order chi connectivity index (χ0) is 22.1. The van der Waals surface area contributed by atoms with Gasteiger partial charge in [0.25, 0.3) is 11.6 Å². The van der Waals surface area contributed by atoms with E-state index in [0.717, 1.165) is 11.0 Å². The Hall–Kier alpha value is -3.65. The van der Waals surface area contributed by atoms with Gasteiger partial charge in [0, 0.05) is 23.0 Å². The van der Waals surface area contributed by atoms with Gasteiger partial charge in [-0.05, 0) is 43.3 Å². The number of rotatable bonds is 4. The Morgan fingerprint density at radius 1 is 1.30 bits per heavy atom. The summed E-state index contributed by atoms with van der Waals surface area (Å²) in [6.45, 7) is 1.01. The van der Waals surface area contributed by atoms with Gasteiger partial charge in [-0.1, -0.05) is 0 Å². The molecule has 2 aromatic rings. The van der Waals surface area contributed by atoms with E-state index in [1.54, 1.807) is 0 Å². The highest BCUT2D eigenvalue weighted by Gasteiger charge is 2.52. The molecule has 2 unspecified atom stereocenters. The van der Waals surface area contributed by atoms with Gasteiger partial charge in [-0.2, -0.15) is 18.4 Å². The SMILES string of the molecule is Cc1cc(N2CC(C(=O)Nc3ccc(C#N)cc3)OC2C(F)(F)F)ccc1[N+](=O)[O-]. The van der Waals surface area contributed by atoms with Gasteiger partial charge in [0.1, 0.15) is 0 Å². The number of amides is 1. The molecule has 0 bridgehead atoms. The lowest BCUT2D eigenvalue weighted by atomic mass is 10.1. The Balaban J connectivity index is 1.82. The molecule has 0 aliphatic carbocycles. The van der Waals surface area contributed by atoms with E-state index in [1.165, 1.54) is 43.3 Å². The summed E-state index contributed by atoms with van der Waals surface area (Å²) in [5, 5.41) is 22.2. The number of aryl methyl sites for hydroxylation is 1. The number of benzene rings is 2. The zero-order valence-corrected chi connectivity index (χ0v) is 15.5. The molecule has 0 spiro atoms. The van der Waals surface area contributed by atoms with Crippen LogP contribution in [-0.2, 0) is 9.53 Å². The summed E-state index contributed by atoms with van der Waals surface area (Å²) < 4.78 is 45.5. The molecule has 3 rings (SSSR count). The van der Waals surface area contributed by atoms with E-state index >= 15 is 0 Å². The maximum atomic E-state index is 13.5. The molecule has 0 radical (unpaired) electrons. The van der Waals surface area contributed by atoms with Gasteiger partial charge in [-0.3, -0.25) is 14.9 Å². The normalized spacial score (nSPS) is 18.7.